The summed E-state index contributed by atoms with van der Waals surface area (Å²) in [5.41, 5.74) is 4.21. The van der Waals surface area contributed by atoms with E-state index in [-0.39, 0.29) is 11.9 Å². The molecule has 3 aromatic rings. The third kappa shape index (κ3) is 4.81. The van der Waals surface area contributed by atoms with Crippen molar-refractivity contribution in [1.82, 2.24) is 20.2 Å². The molecule has 0 radical (unpaired) electrons. The first-order valence-corrected chi connectivity index (χ1v) is 10.2. The Kier molecular flexibility index (Phi) is 6.17. The Balaban J connectivity index is 1.37. The number of amides is 1. The fourth-order valence-electron chi connectivity index (χ4n) is 3.74. The molecule has 1 aliphatic rings. The molecular weight excluding hydrogens is 384 g/mol. The van der Waals surface area contributed by atoms with Crippen LogP contribution < -0.4 is 5.32 Å². The molecular formula is C23H23ClN4O. The van der Waals surface area contributed by atoms with Crippen LogP contribution in [0.15, 0.2) is 67.3 Å². The molecule has 0 aliphatic carbocycles. The maximum absolute atomic E-state index is 12.8. The number of carbonyl (C=O) groups excluding carboxylic acids is 1. The summed E-state index contributed by atoms with van der Waals surface area (Å²) in [5.74, 6) is 0.0699. The molecule has 1 N–H and O–H groups in total. The first-order valence-electron chi connectivity index (χ1n) is 9.80. The second kappa shape index (κ2) is 9.16. The minimum Gasteiger partial charge on any atom is -0.351 e. The summed E-state index contributed by atoms with van der Waals surface area (Å²) in [6.45, 7) is 2.14. The van der Waals surface area contributed by atoms with Crippen molar-refractivity contribution < 1.29 is 4.79 Å². The van der Waals surface area contributed by atoms with E-state index in [4.69, 9.17) is 11.6 Å². The number of halogens is 1. The topological polar surface area (TPSA) is 58.1 Å². The number of rotatable bonds is 6. The van der Waals surface area contributed by atoms with E-state index in [9.17, 15) is 4.79 Å². The number of nitrogens with one attached hydrogen (secondary N) is 1. The Morgan fingerprint density at radius 1 is 1.07 bits per heavy atom. The van der Waals surface area contributed by atoms with Crippen molar-refractivity contribution in [2.24, 2.45) is 0 Å². The van der Waals surface area contributed by atoms with Crippen LogP contribution in [0.1, 0.15) is 24.0 Å². The molecule has 1 aromatic heterocycles. The molecule has 1 unspecified atom stereocenters. The van der Waals surface area contributed by atoms with Crippen LogP contribution in [0.2, 0.25) is 5.02 Å². The lowest BCUT2D eigenvalue weighted by atomic mass is 10.1. The minimum atomic E-state index is -0.0975. The molecule has 0 bridgehead atoms. The van der Waals surface area contributed by atoms with Gasteiger partial charge in [-0.2, -0.15) is 0 Å². The fraction of sp³-hybridized carbons (Fsp3) is 0.261. The predicted octanol–water partition coefficient (Wildman–Crippen LogP) is 4.08. The van der Waals surface area contributed by atoms with Gasteiger partial charge in [-0.3, -0.25) is 9.69 Å². The minimum absolute atomic E-state index is 0.0699. The van der Waals surface area contributed by atoms with Crippen molar-refractivity contribution in [3.05, 3.63) is 83.4 Å². The normalized spacial score (nSPS) is 16.7. The molecule has 2 heterocycles. The van der Waals surface area contributed by atoms with Crippen LogP contribution in [0.3, 0.4) is 0 Å². The summed E-state index contributed by atoms with van der Waals surface area (Å²) in [4.78, 5) is 23.1. The molecule has 1 amide bonds. The standard InChI is InChI=1S/C23H23ClN4O/c24-21-5-2-1-4-19(21)14-27-23(29)22-6-3-11-28(22)15-17-7-9-18(10-8-17)20-12-25-16-26-13-20/h1-2,4-5,7-10,12-13,16,22H,3,6,11,14-15H2,(H,27,29). The lowest BCUT2D eigenvalue weighted by Crippen LogP contribution is -2.42. The van der Waals surface area contributed by atoms with E-state index in [1.807, 2.05) is 36.7 Å². The van der Waals surface area contributed by atoms with Gasteiger partial charge in [0, 0.05) is 36.1 Å². The molecule has 6 heteroatoms. The SMILES string of the molecule is O=C(NCc1ccccc1Cl)C1CCCN1Cc1ccc(-c2cncnc2)cc1. The maximum atomic E-state index is 12.8. The maximum Gasteiger partial charge on any atom is 0.237 e. The molecule has 148 valence electrons. The van der Waals surface area contributed by atoms with Crippen molar-refractivity contribution in [2.75, 3.05) is 6.54 Å². The number of carbonyl (C=O) groups is 1. The lowest BCUT2D eigenvalue weighted by Gasteiger charge is -2.24. The van der Waals surface area contributed by atoms with Gasteiger partial charge in [-0.1, -0.05) is 54.1 Å². The molecule has 2 aromatic carbocycles. The average Bonchev–Trinajstić information content (AvgIpc) is 3.22. The van der Waals surface area contributed by atoms with E-state index < -0.39 is 0 Å². The number of likely N-dealkylation sites (tertiary alicyclic amines) is 1. The smallest absolute Gasteiger partial charge is 0.237 e. The average molecular weight is 407 g/mol. The van der Waals surface area contributed by atoms with Crippen LogP contribution in [0, 0.1) is 0 Å². The first-order chi connectivity index (χ1) is 14.2. The largest absolute Gasteiger partial charge is 0.351 e. The molecule has 1 aliphatic heterocycles. The highest BCUT2D eigenvalue weighted by molar-refractivity contribution is 6.31. The van der Waals surface area contributed by atoms with Gasteiger partial charge in [-0.25, -0.2) is 9.97 Å². The van der Waals surface area contributed by atoms with Crippen LogP contribution >= 0.6 is 11.6 Å². The summed E-state index contributed by atoms with van der Waals surface area (Å²) in [6.07, 6.45) is 7.06. The molecule has 1 atom stereocenters. The summed E-state index contributed by atoms with van der Waals surface area (Å²) in [5, 5.41) is 3.73. The van der Waals surface area contributed by atoms with Gasteiger partial charge in [0.2, 0.25) is 5.91 Å². The van der Waals surface area contributed by atoms with Crippen LogP contribution in [0.4, 0.5) is 0 Å². The predicted molar refractivity (Wildman–Crippen MR) is 114 cm³/mol. The zero-order valence-electron chi connectivity index (χ0n) is 16.1. The van der Waals surface area contributed by atoms with E-state index >= 15 is 0 Å². The summed E-state index contributed by atoms with van der Waals surface area (Å²) >= 11 is 6.19. The lowest BCUT2D eigenvalue weighted by molar-refractivity contribution is -0.125. The van der Waals surface area contributed by atoms with E-state index in [0.29, 0.717) is 11.6 Å². The molecule has 29 heavy (non-hydrogen) atoms. The third-order valence-electron chi connectivity index (χ3n) is 5.31. The van der Waals surface area contributed by atoms with Crippen LogP contribution in [-0.4, -0.2) is 33.4 Å². The van der Waals surface area contributed by atoms with Crippen molar-refractivity contribution >= 4 is 17.5 Å². The van der Waals surface area contributed by atoms with Crippen molar-refractivity contribution in [3.8, 4) is 11.1 Å². The van der Waals surface area contributed by atoms with Crippen molar-refractivity contribution in [3.63, 3.8) is 0 Å². The molecule has 5 nitrogen and oxygen atoms in total. The molecule has 0 saturated carbocycles. The molecule has 1 fully saturated rings. The Labute approximate surface area is 175 Å². The Morgan fingerprint density at radius 3 is 2.59 bits per heavy atom. The summed E-state index contributed by atoms with van der Waals surface area (Å²) < 4.78 is 0. The zero-order chi connectivity index (χ0) is 20.1. The van der Waals surface area contributed by atoms with E-state index in [0.717, 1.165) is 42.6 Å². The Morgan fingerprint density at radius 2 is 1.83 bits per heavy atom. The number of nitrogens with zero attached hydrogens (tertiary/aromatic N) is 3. The number of aromatic nitrogens is 2. The first kappa shape index (κ1) is 19.6. The van der Waals surface area contributed by atoms with E-state index in [1.165, 1.54) is 11.9 Å². The van der Waals surface area contributed by atoms with Crippen molar-refractivity contribution in [1.29, 1.82) is 0 Å². The van der Waals surface area contributed by atoms with Crippen LogP contribution in [0.5, 0.6) is 0 Å². The fourth-order valence-corrected chi connectivity index (χ4v) is 3.94. The quantitative estimate of drug-likeness (QED) is 0.670. The van der Waals surface area contributed by atoms with Crippen molar-refractivity contribution in [2.45, 2.75) is 32.0 Å². The highest BCUT2D eigenvalue weighted by Gasteiger charge is 2.30. The van der Waals surface area contributed by atoms with Gasteiger partial charge in [0.1, 0.15) is 6.33 Å². The van der Waals surface area contributed by atoms with Crippen LogP contribution in [0.25, 0.3) is 11.1 Å². The number of hydrogen-bond donors (Lipinski definition) is 1. The number of hydrogen-bond acceptors (Lipinski definition) is 4. The summed E-state index contributed by atoms with van der Waals surface area (Å²) in [6, 6.07) is 15.9. The molecule has 4 rings (SSSR count). The molecule has 0 spiro atoms. The highest BCUT2D eigenvalue weighted by Crippen LogP contribution is 2.23. The number of benzene rings is 2. The third-order valence-corrected chi connectivity index (χ3v) is 5.68. The Hall–Kier alpha value is -2.76. The van der Waals surface area contributed by atoms with Gasteiger partial charge >= 0.3 is 0 Å². The summed E-state index contributed by atoms with van der Waals surface area (Å²) in [7, 11) is 0. The van der Waals surface area contributed by atoms with Gasteiger partial charge in [-0.15, -0.1) is 0 Å². The van der Waals surface area contributed by atoms with Gasteiger partial charge < -0.3 is 5.32 Å². The zero-order valence-corrected chi connectivity index (χ0v) is 16.8. The van der Waals surface area contributed by atoms with Crippen LogP contribution in [-0.2, 0) is 17.9 Å². The van der Waals surface area contributed by atoms with Gasteiger partial charge in [-0.05, 0) is 42.1 Å². The molecule has 1 saturated heterocycles. The van der Waals surface area contributed by atoms with Gasteiger partial charge in [0.25, 0.3) is 0 Å². The monoisotopic (exact) mass is 406 g/mol. The van der Waals surface area contributed by atoms with Gasteiger partial charge in [0.05, 0.1) is 6.04 Å². The van der Waals surface area contributed by atoms with Gasteiger partial charge in [0.15, 0.2) is 0 Å². The van der Waals surface area contributed by atoms with E-state index in [1.54, 1.807) is 0 Å². The Bertz CT molecular complexity index is 962. The second-order valence-electron chi connectivity index (χ2n) is 7.26. The highest BCUT2D eigenvalue weighted by atomic mass is 35.5. The van der Waals surface area contributed by atoms with E-state index in [2.05, 4.69) is 44.5 Å². The second-order valence-corrected chi connectivity index (χ2v) is 7.67.